The zero-order valence-corrected chi connectivity index (χ0v) is 37.9. The van der Waals surface area contributed by atoms with Crippen LogP contribution in [0.3, 0.4) is 0 Å². The summed E-state index contributed by atoms with van der Waals surface area (Å²) in [5, 5.41) is 14.1. The fourth-order valence-corrected chi connectivity index (χ4v) is 7.17. The molecule has 0 saturated carbocycles. The van der Waals surface area contributed by atoms with Crippen molar-refractivity contribution in [2.45, 2.75) is 112 Å². The van der Waals surface area contributed by atoms with Crippen LogP contribution in [0.25, 0.3) is 21.5 Å². The minimum absolute atomic E-state index is 0.0122. The van der Waals surface area contributed by atoms with E-state index < -0.39 is 12.1 Å². The van der Waals surface area contributed by atoms with Gasteiger partial charge in [0.05, 0.1) is 24.2 Å². The number of hydrogen-bond donors (Lipinski definition) is 5. The smallest absolute Gasteiger partial charge is 0.146 e. The highest BCUT2D eigenvalue weighted by molar-refractivity contribution is 5.88. The second kappa shape index (κ2) is 24.0. The number of benzene rings is 6. The molecule has 6 aromatic carbocycles. The number of carbonyl (C=O) groups is 4. The van der Waals surface area contributed by atoms with Gasteiger partial charge in [0.25, 0.3) is 0 Å². The van der Waals surface area contributed by atoms with Crippen molar-refractivity contribution in [2.24, 2.45) is 22.9 Å². The second-order valence-corrected chi connectivity index (χ2v) is 16.4. The molecule has 0 amide bonds. The van der Waals surface area contributed by atoms with Gasteiger partial charge >= 0.3 is 0 Å². The highest BCUT2D eigenvalue weighted by atomic mass is 16.3. The summed E-state index contributed by atoms with van der Waals surface area (Å²) in [6.07, 6.45) is 2.40. The van der Waals surface area contributed by atoms with Gasteiger partial charge < -0.3 is 28.0 Å². The van der Waals surface area contributed by atoms with Crippen LogP contribution in [0.4, 0.5) is 0 Å². The molecule has 0 unspecified atom stereocenters. The number of Topliss-reactive ketones (excluding diaryl/α,β-unsaturated/α-hetero) is 4. The van der Waals surface area contributed by atoms with Crippen LogP contribution in [-0.4, -0.2) is 52.4 Å². The number of aryl methyl sites for hydroxylation is 5. The van der Waals surface area contributed by atoms with Crippen molar-refractivity contribution in [3.8, 4) is 5.75 Å². The van der Waals surface area contributed by atoms with E-state index in [1.165, 1.54) is 64.6 Å². The Morgan fingerprint density at radius 2 is 0.855 bits per heavy atom. The zero-order valence-electron chi connectivity index (χ0n) is 37.9. The summed E-state index contributed by atoms with van der Waals surface area (Å²) in [5.74, 6) is 0.363. The lowest BCUT2D eigenvalue weighted by atomic mass is 9.94. The van der Waals surface area contributed by atoms with Gasteiger partial charge in [-0.15, -0.1) is 0 Å². The minimum atomic E-state index is -0.452. The molecule has 0 saturated heterocycles. The molecule has 0 bridgehead atoms. The van der Waals surface area contributed by atoms with Gasteiger partial charge in [0.15, 0.2) is 0 Å². The predicted octanol–water partition coefficient (Wildman–Crippen LogP) is 8.14. The maximum Gasteiger partial charge on any atom is 0.146 e. The highest BCUT2D eigenvalue weighted by Gasteiger charge is 2.15. The lowest BCUT2D eigenvalue weighted by Gasteiger charge is -2.14. The molecular formula is C53H66N4O5. The molecule has 0 aromatic heterocycles. The lowest BCUT2D eigenvalue weighted by molar-refractivity contribution is -0.119. The molecule has 4 atom stereocenters. The molecule has 62 heavy (non-hydrogen) atoms. The maximum absolute atomic E-state index is 11.2. The van der Waals surface area contributed by atoms with Crippen LogP contribution < -0.4 is 22.9 Å². The van der Waals surface area contributed by atoms with Gasteiger partial charge in [0.2, 0.25) is 0 Å². The molecule has 0 spiro atoms. The normalized spacial score (nSPS) is 12.6. The number of nitrogens with two attached hydrogens (primary N) is 4. The van der Waals surface area contributed by atoms with Gasteiger partial charge in [-0.2, -0.15) is 0 Å². The SMILES string of the molecule is CC(=O)[C@@H](N)Cc1c(C)cc(C)cc1C.CC(=O)[C@@H](N)Cc1c(C)cc(O)cc1C.CC(=O)[C@@H](N)Cc1ccc2ccccc2c1.CC(=O)[C@@H](N)Cc1cccc2ccccc12. The van der Waals surface area contributed by atoms with E-state index in [0.717, 1.165) is 27.8 Å². The molecule has 6 aromatic rings. The largest absolute Gasteiger partial charge is 0.508 e. The van der Waals surface area contributed by atoms with E-state index in [1.54, 1.807) is 19.1 Å². The first-order valence-electron chi connectivity index (χ1n) is 21.0. The minimum Gasteiger partial charge on any atom is -0.508 e. The standard InChI is InChI=1S/2C14H15NO.C13H19NO.C12H17NO2/c1-10(16)14(15)9-12-7-4-6-11-5-2-3-8-13(11)12;1-10(16)14(15)9-11-6-7-12-4-2-3-5-13(12)8-11;1-8-5-9(2)12(10(3)6-8)7-13(14)11(4)15;1-7-4-10(15)5-8(2)11(7)6-12(13)9(3)14/h2*2-8,14H,9,15H2,1H3;5-6,13H,7,14H2,1-4H3;4-5,12,15H,6,13H2,1-3H3/t2*14-;13-;12-/m0000/s1. The average molecular weight is 839 g/mol. The second-order valence-electron chi connectivity index (χ2n) is 16.4. The van der Waals surface area contributed by atoms with Gasteiger partial charge in [-0.25, -0.2) is 0 Å². The van der Waals surface area contributed by atoms with E-state index in [0.29, 0.717) is 25.7 Å². The number of carbonyl (C=O) groups excluding carboxylic acids is 4. The summed E-state index contributed by atoms with van der Waals surface area (Å²) in [6, 6.07) is 34.7. The van der Waals surface area contributed by atoms with Crippen molar-refractivity contribution in [2.75, 3.05) is 0 Å². The Morgan fingerprint density at radius 3 is 1.35 bits per heavy atom. The third kappa shape index (κ3) is 15.6. The number of fused-ring (bicyclic) bond motifs is 2. The van der Waals surface area contributed by atoms with Gasteiger partial charge in [0, 0.05) is 0 Å². The van der Waals surface area contributed by atoms with E-state index >= 15 is 0 Å². The number of hydrogen-bond acceptors (Lipinski definition) is 9. The topological polar surface area (TPSA) is 193 Å². The van der Waals surface area contributed by atoms with Crippen LogP contribution in [0.15, 0.2) is 109 Å². The van der Waals surface area contributed by atoms with E-state index in [9.17, 15) is 24.3 Å². The summed E-state index contributed by atoms with van der Waals surface area (Å²) in [6.45, 7) is 16.2. The first-order valence-corrected chi connectivity index (χ1v) is 21.0. The summed E-state index contributed by atoms with van der Waals surface area (Å²) in [5.41, 5.74) is 33.2. The van der Waals surface area contributed by atoms with E-state index in [2.05, 4.69) is 75.4 Å². The van der Waals surface area contributed by atoms with E-state index in [4.69, 9.17) is 22.9 Å². The number of aromatic hydroxyl groups is 1. The first-order chi connectivity index (χ1) is 29.2. The van der Waals surface area contributed by atoms with Gasteiger partial charge in [0.1, 0.15) is 28.9 Å². The van der Waals surface area contributed by atoms with Gasteiger partial charge in [-0.1, -0.05) is 103 Å². The summed E-state index contributed by atoms with van der Waals surface area (Å²) < 4.78 is 0. The molecule has 0 radical (unpaired) electrons. The maximum atomic E-state index is 11.2. The Kier molecular flexibility index (Phi) is 19.5. The Labute approximate surface area is 367 Å². The van der Waals surface area contributed by atoms with Crippen molar-refractivity contribution in [1.82, 2.24) is 0 Å². The van der Waals surface area contributed by atoms with Crippen molar-refractivity contribution >= 4 is 44.7 Å². The summed E-state index contributed by atoms with van der Waals surface area (Å²) >= 11 is 0. The van der Waals surface area contributed by atoms with Crippen molar-refractivity contribution in [3.05, 3.63) is 159 Å². The third-order valence-electron chi connectivity index (χ3n) is 11.0. The molecule has 0 aliphatic heterocycles. The Balaban J connectivity index is 0.000000220. The molecule has 9 nitrogen and oxygen atoms in total. The Hall–Kier alpha value is -5.84. The van der Waals surface area contributed by atoms with Crippen LogP contribution in [0.1, 0.15) is 77.8 Å². The van der Waals surface area contributed by atoms with Crippen LogP contribution in [0.2, 0.25) is 0 Å². The molecule has 9 heteroatoms. The van der Waals surface area contributed by atoms with Gasteiger partial charge in [-0.05, 0) is 166 Å². The molecule has 0 fully saturated rings. The molecule has 328 valence electrons. The molecule has 0 heterocycles. The highest BCUT2D eigenvalue weighted by Crippen LogP contribution is 2.23. The quantitative estimate of drug-likeness (QED) is 0.0809. The Morgan fingerprint density at radius 1 is 0.452 bits per heavy atom. The zero-order chi connectivity index (χ0) is 46.3. The van der Waals surface area contributed by atoms with Crippen LogP contribution in [0, 0.1) is 34.6 Å². The predicted molar refractivity (Wildman–Crippen MR) is 256 cm³/mol. The number of phenols is 1. The van der Waals surface area contributed by atoms with Gasteiger partial charge in [-0.3, -0.25) is 19.2 Å². The van der Waals surface area contributed by atoms with E-state index in [1.807, 2.05) is 56.3 Å². The number of rotatable bonds is 12. The summed E-state index contributed by atoms with van der Waals surface area (Å²) in [7, 11) is 0. The Bertz CT molecular complexity index is 2360. The number of phenolic OH excluding ortho intramolecular Hbond substituents is 1. The van der Waals surface area contributed by atoms with Crippen LogP contribution in [-0.2, 0) is 44.9 Å². The van der Waals surface area contributed by atoms with Crippen molar-refractivity contribution in [1.29, 1.82) is 0 Å². The molecule has 0 aliphatic carbocycles. The number of ketones is 4. The monoisotopic (exact) mass is 839 g/mol. The fourth-order valence-electron chi connectivity index (χ4n) is 7.17. The first kappa shape index (κ1) is 50.5. The molecule has 9 N–H and O–H groups in total. The average Bonchev–Trinajstić information content (AvgIpc) is 3.21. The summed E-state index contributed by atoms with van der Waals surface area (Å²) in [4.78, 5) is 44.4. The van der Waals surface area contributed by atoms with E-state index in [-0.39, 0.29) is 41.0 Å². The molecular weight excluding hydrogens is 773 g/mol. The molecule has 0 aliphatic rings. The van der Waals surface area contributed by atoms with Crippen molar-refractivity contribution < 1.29 is 24.3 Å². The molecule has 6 rings (SSSR count). The lowest BCUT2D eigenvalue weighted by Crippen LogP contribution is -2.31. The fraction of sp³-hybridized carbons (Fsp3) is 0.321. The third-order valence-corrected chi connectivity index (χ3v) is 11.0. The van der Waals surface area contributed by atoms with Crippen LogP contribution >= 0.6 is 0 Å². The van der Waals surface area contributed by atoms with Crippen molar-refractivity contribution in [3.63, 3.8) is 0 Å². The van der Waals surface area contributed by atoms with Crippen LogP contribution in [0.5, 0.6) is 5.75 Å².